The molecule has 0 fully saturated rings. The number of rotatable bonds is 2. The molecule has 0 saturated heterocycles. The van der Waals surface area contributed by atoms with E-state index >= 15 is 0 Å². The molecule has 0 saturated carbocycles. The summed E-state index contributed by atoms with van der Waals surface area (Å²) in [6.07, 6.45) is 2.98. The van der Waals surface area contributed by atoms with Crippen molar-refractivity contribution < 1.29 is 9.59 Å². The monoisotopic (exact) mass is 233 g/mol. The fraction of sp³-hybridized carbons (Fsp3) is 0.0833. The molecule has 17 heavy (non-hydrogen) atoms. The zero-order valence-electron chi connectivity index (χ0n) is 9.59. The summed E-state index contributed by atoms with van der Waals surface area (Å²) >= 11 is 0. The first-order valence-electron chi connectivity index (χ1n) is 4.75. The Balaban J connectivity index is 0.00000121. The van der Waals surface area contributed by atoms with Gasteiger partial charge in [-0.25, -0.2) is 0 Å². The number of benzene rings is 1. The van der Waals surface area contributed by atoms with Crippen LogP contribution in [0.4, 0.5) is 0 Å². The maximum Gasteiger partial charge on any atom is 0.272 e. The Bertz CT molecular complexity index is 418. The molecule has 4 N–H and O–H groups in total. The van der Waals surface area contributed by atoms with Gasteiger partial charge in [0.05, 0.1) is 0 Å². The van der Waals surface area contributed by atoms with Gasteiger partial charge in [0.25, 0.3) is 5.91 Å². The van der Waals surface area contributed by atoms with Gasteiger partial charge in [0, 0.05) is 6.08 Å². The van der Waals surface area contributed by atoms with Crippen LogP contribution in [0.15, 0.2) is 35.3 Å². The van der Waals surface area contributed by atoms with E-state index in [1.807, 2.05) is 38.0 Å². The zero-order valence-corrected chi connectivity index (χ0v) is 9.59. The minimum Gasteiger partial charge on any atom is -0.370 e. The second-order valence-electron chi connectivity index (χ2n) is 3.12. The third kappa shape index (κ3) is 6.62. The summed E-state index contributed by atoms with van der Waals surface area (Å²) in [6, 6.07) is 7.75. The first-order chi connectivity index (χ1) is 8.08. The molecule has 0 heterocycles. The second-order valence-corrected chi connectivity index (χ2v) is 3.12. The molecule has 0 unspecified atom stereocenters. The largest absolute Gasteiger partial charge is 0.370 e. The lowest BCUT2D eigenvalue weighted by molar-refractivity contribution is -0.113. The molecule has 5 nitrogen and oxygen atoms in total. The standard InChI is InChI=1S/C11H13N3O.CH2O/c1-8-2-4-9(5-3-8)6-7-10(15)14-11(12)13;1-2/h2-7H,1H3,(H4,12,13,14,15);1H2/b7-6+;. The number of hydrogen-bond acceptors (Lipinski definition) is 2. The number of guanidine groups is 1. The molecule has 0 aliphatic carbocycles. The summed E-state index contributed by atoms with van der Waals surface area (Å²) in [7, 11) is 0. The number of amides is 1. The highest BCUT2D eigenvalue weighted by molar-refractivity contribution is 5.99. The van der Waals surface area contributed by atoms with E-state index in [9.17, 15) is 4.79 Å². The number of aliphatic imine (C=N–C) groups is 1. The maximum absolute atomic E-state index is 11.1. The van der Waals surface area contributed by atoms with E-state index in [1.54, 1.807) is 6.08 Å². The Hall–Kier alpha value is -2.43. The van der Waals surface area contributed by atoms with E-state index in [1.165, 1.54) is 11.6 Å². The normalized spacial score (nSPS) is 9.24. The molecule has 0 spiro atoms. The minimum atomic E-state index is -0.462. The van der Waals surface area contributed by atoms with Crippen LogP contribution in [0.2, 0.25) is 0 Å². The van der Waals surface area contributed by atoms with Crippen molar-refractivity contribution in [2.24, 2.45) is 16.5 Å². The van der Waals surface area contributed by atoms with Gasteiger partial charge in [0.1, 0.15) is 6.79 Å². The molecule has 90 valence electrons. The maximum atomic E-state index is 11.1. The number of carbonyl (C=O) groups is 2. The third-order valence-electron chi connectivity index (χ3n) is 1.74. The Kier molecular flexibility index (Phi) is 6.69. The zero-order chi connectivity index (χ0) is 13.3. The van der Waals surface area contributed by atoms with Crippen LogP contribution in [-0.4, -0.2) is 18.7 Å². The molecular formula is C12H15N3O2. The molecule has 0 bridgehead atoms. The van der Waals surface area contributed by atoms with Crippen LogP contribution in [0, 0.1) is 6.92 Å². The van der Waals surface area contributed by atoms with E-state index in [2.05, 4.69) is 4.99 Å². The molecule has 0 radical (unpaired) electrons. The summed E-state index contributed by atoms with van der Waals surface area (Å²) < 4.78 is 0. The smallest absolute Gasteiger partial charge is 0.272 e. The van der Waals surface area contributed by atoms with E-state index in [0.717, 1.165) is 5.56 Å². The van der Waals surface area contributed by atoms with E-state index in [0.29, 0.717) is 0 Å². The first kappa shape index (κ1) is 14.6. The fourth-order valence-electron chi connectivity index (χ4n) is 1.01. The minimum absolute atomic E-state index is 0.228. The number of nitrogens with zero attached hydrogens (tertiary/aromatic N) is 1. The van der Waals surface area contributed by atoms with Crippen molar-refractivity contribution in [3.63, 3.8) is 0 Å². The van der Waals surface area contributed by atoms with Crippen molar-refractivity contribution in [1.82, 2.24) is 0 Å². The molecule has 1 aromatic rings. The van der Waals surface area contributed by atoms with Gasteiger partial charge in [-0.2, -0.15) is 4.99 Å². The van der Waals surface area contributed by atoms with E-state index < -0.39 is 5.91 Å². The number of hydrogen-bond donors (Lipinski definition) is 2. The lowest BCUT2D eigenvalue weighted by Crippen LogP contribution is -2.23. The molecule has 0 aliphatic rings. The fourth-order valence-corrected chi connectivity index (χ4v) is 1.01. The van der Waals surface area contributed by atoms with Gasteiger partial charge < -0.3 is 16.3 Å². The number of aryl methyl sites for hydroxylation is 1. The Labute approximate surface area is 99.8 Å². The number of carbonyl (C=O) groups excluding carboxylic acids is 2. The van der Waals surface area contributed by atoms with Crippen LogP contribution in [0.25, 0.3) is 6.08 Å². The Morgan fingerprint density at radius 3 is 2.24 bits per heavy atom. The molecule has 5 heteroatoms. The molecule has 0 aliphatic heterocycles. The summed E-state index contributed by atoms with van der Waals surface area (Å²) in [5.74, 6) is -0.691. The van der Waals surface area contributed by atoms with Crippen LogP contribution in [-0.2, 0) is 9.59 Å². The Morgan fingerprint density at radius 1 is 1.24 bits per heavy atom. The van der Waals surface area contributed by atoms with E-state index in [4.69, 9.17) is 16.3 Å². The second kappa shape index (κ2) is 7.81. The molecule has 0 aromatic heterocycles. The Morgan fingerprint density at radius 2 is 1.76 bits per heavy atom. The average molecular weight is 233 g/mol. The van der Waals surface area contributed by atoms with Gasteiger partial charge in [-0.1, -0.05) is 29.8 Å². The predicted molar refractivity (Wildman–Crippen MR) is 68.2 cm³/mol. The van der Waals surface area contributed by atoms with Crippen LogP contribution >= 0.6 is 0 Å². The van der Waals surface area contributed by atoms with Crippen molar-refractivity contribution in [1.29, 1.82) is 0 Å². The topological polar surface area (TPSA) is 98.5 Å². The highest BCUT2D eigenvalue weighted by Gasteiger charge is 1.92. The lowest BCUT2D eigenvalue weighted by atomic mass is 10.1. The molecular weight excluding hydrogens is 218 g/mol. The van der Waals surface area contributed by atoms with Gasteiger partial charge in [0.15, 0.2) is 5.96 Å². The molecule has 1 aromatic carbocycles. The summed E-state index contributed by atoms with van der Waals surface area (Å²) in [6.45, 7) is 4.00. The quantitative estimate of drug-likeness (QED) is 0.444. The van der Waals surface area contributed by atoms with Crippen LogP contribution in [0.3, 0.4) is 0 Å². The first-order valence-corrected chi connectivity index (χ1v) is 4.75. The van der Waals surface area contributed by atoms with E-state index in [-0.39, 0.29) is 5.96 Å². The van der Waals surface area contributed by atoms with Crippen molar-refractivity contribution in [2.75, 3.05) is 0 Å². The van der Waals surface area contributed by atoms with Gasteiger partial charge in [0.2, 0.25) is 0 Å². The number of nitrogens with two attached hydrogens (primary N) is 2. The van der Waals surface area contributed by atoms with Crippen LogP contribution < -0.4 is 11.5 Å². The molecule has 0 atom stereocenters. The van der Waals surface area contributed by atoms with Crippen LogP contribution in [0.1, 0.15) is 11.1 Å². The SMILES string of the molecule is C=O.Cc1ccc(/C=C/C(=O)N=C(N)N)cc1. The van der Waals surface area contributed by atoms with Gasteiger partial charge >= 0.3 is 0 Å². The third-order valence-corrected chi connectivity index (χ3v) is 1.74. The van der Waals surface area contributed by atoms with Crippen molar-refractivity contribution in [2.45, 2.75) is 6.92 Å². The summed E-state index contributed by atoms with van der Waals surface area (Å²) in [4.78, 5) is 22.4. The predicted octanol–water partition coefficient (Wildman–Crippen LogP) is 0.623. The van der Waals surface area contributed by atoms with Gasteiger partial charge in [-0.05, 0) is 18.6 Å². The highest BCUT2D eigenvalue weighted by Crippen LogP contribution is 2.04. The van der Waals surface area contributed by atoms with Crippen LogP contribution in [0.5, 0.6) is 0 Å². The molecule has 1 amide bonds. The average Bonchev–Trinajstić information content (AvgIpc) is 2.30. The summed E-state index contributed by atoms with van der Waals surface area (Å²) in [5, 5.41) is 0. The van der Waals surface area contributed by atoms with Gasteiger partial charge in [-0.15, -0.1) is 0 Å². The van der Waals surface area contributed by atoms with Crippen molar-refractivity contribution in [3.8, 4) is 0 Å². The lowest BCUT2D eigenvalue weighted by Gasteiger charge is -1.93. The molecule has 1 rings (SSSR count). The van der Waals surface area contributed by atoms with Crippen molar-refractivity contribution in [3.05, 3.63) is 41.5 Å². The van der Waals surface area contributed by atoms with Gasteiger partial charge in [-0.3, -0.25) is 4.79 Å². The highest BCUT2D eigenvalue weighted by atomic mass is 16.1. The van der Waals surface area contributed by atoms with Crippen molar-refractivity contribution >= 4 is 24.7 Å². The summed E-state index contributed by atoms with van der Waals surface area (Å²) in [5.41, 5.74) is 12.2.